The molecular weight excluding hydrogens is 224 g/mol. The van der Waals surface area contributed by atoms with Crippen LogP contribution in [0.25, 0.3) is 16.6 Å². The highest BCUT2D eigenvalue weighted by Crippen LogP contribution is 2.21. The summed E-state index contributed by atoms with van der Waals surface area (Å²) in [5, 5.41) is 5.49. The van der Waals surface area contributed by atoms with E-state index in [-0.39, 0.29) is 0 Å². The molecular formula is C14H18N4. The van der Waals surface area contributed by atoms with E-state index in [0.717, 1.165) is 16.5 Å². The quantitative estimate of drug-likeness (QED) is 0.841. The van der Waals surface area contributed by atoms with E-state index >= 15 is 0 Å². The van der Waals surface area contributed by atoms with Crippen molar-refractivity contribution >= 4 is 22.8 Å². The molecule has 0 fully saturated rings. The summed E-state index contributed by atoms with van der Waals surface area (Å²) < 4.78 is 2.01. The first-order valence-corrected chi connectivity index (χ1v) is 5.99. The molecule has 2 rings (SSSR count). The van der Waals surface area contributed by atoms with E-state index in [1.165, 1.54) is 0 Å². The van der Waals surface area contributed by atoms with Crippen molar-refractivity contribution in [1.29, 1.82) is 0 Å². The van der Waals surface area contributed by atoms with Gasteiger partial charge >= 0.3 is 0 Å². The average Bonchev–Trinajstić information content (AvgIpc) is 2.78. The molecule has 0 unspecified atom stereocenters. The van der Waals surface area contributed by atoms with Crippen LogP contribution in [0.2, 0.25) is 0 Å². The molecule has 0 saturated heterocycles. The number of aliphatic imine (C=N–C) groups is 1. The number of fused-ring (bicyclic) bond motifs is 1. The number of nitrogens with zero attached hydrogens (tertiary/aromatic N) is 3. The van der Waals surface area contributed by atoms with Gasteiger partial charge in [-0.2, -0.15) is 5.10 Å². The maximum atomic E-state index is 5.98. The van der Waals surface area contributed by atoms with Crippen LogP contribution in [0.15, 0.2) is 35.5 Å². The van der Waals surface area contributed by atoms with Gasteiger partial charge in [0.15, 0.2) is 0 Å². The fourth-order valence-electron chi connectivity index (χ4n) is 1.90. The zero-order valence-corrected chi connectivity index (χ0v) is 11.0. The summed E-state index contributed by atoms with van der Waals surface area (Å²) in [4.78, 5) is 3.89. The molecule has 4 nitrogen and oxygen atoms in total. The first-order chi connectivity index (χ1) is 8.63. The van der Waals surface area contributed by atoms with Crippen LogP contribution in [-0.2, 0) is 0 Å². The van der Waals surface area contributed by atoms with E-state index in [2.05, 4.69) is 36.1 Å². The molecule has 0 atom stereocenters. The number of hydrogen-bond donors (Lipinski definition) is 1. The van der Waals surface area contributed by atoms with Crippen molar-refractivity contribution in [3.63, 3.8) is 0 Å². The SMILES string of the molecule is C/N=C\C=C(/N)c1ccc2c(cnn2C(C)C)c1. The Kier molecular flexibility index (Phi) is 3.46. The van der Waals surface area contributed by atoms with E-state index in [4.69, 9.17) is 5.73 Å². The molecule has 18 heavy (non-hydrogen) atoms. The van der Waals surface area contributed by atoms with Crippen LogP contribution >= 0.6 is 0 Å². The summed E-state index contributed by atoms with van der Waals surface area (Å²) in [5.74, 6) is 0. The number of aromatic nitrogens is 2. The van der Waals surface area contributed by atoms with Gasteiger partial charge in [0.2, 0.25) is 0 Å². The number of hydrogen-bond acceptors (Lipinski definition) is 3. The Bertz CT molecular complexity index is 605. The van der Waals surface area contributed by atoms with E-state index in [1.807, 2.05) is 16.9 Å². The van der Waals surface area contributed by atoms with Gasteiger partial charge in [0, 0.05) is 30.4 Å². The van der Waals surface area contributed by atoms with Gasteiger partial charge in [-0.3, -0.25) is 9.67 Å². The summed E-state index contributed by atoms with van der Waals surface area (Å²) in [5.41, 5.74) is 8.81. The smallest absolute Gasteiger partial charge is 0.0685 e. The fourth-order valence-corrected chi connectivity index (χ4v) is 1.90. The van der Waals surface area contributed by atoms with Crippen LogP contribution in [0.1, 0.15) is 25.5 Å². The van der Waals surface area contributed by atoms with Gasteiger partial charge in [0.1, 0.15) is 0 Å². The van der Waals surface area contributed by atoms with Crippen LogP contribution in [-0.4, -0.2) is 23.0 Å². The van der Waals surface area contributed by atoms with Gasteiger partial charge in [-0.25, -0.2) is 0 Å². The first kappa shape index (κ1) is 12.4. The zero-order valence-electron chi connectivity index (χ0n) is 11.0. The summed E-state index contributed by atoms with van der Waals surface area (Å²) in [6.07, 6.45) is 5.37. The van der Waals surface area contributed by atoms with E-state index < -0.39 is 0 Å². The minimum atomic E-state index is 0.355. The molecule has 0 spiro atoms. The maximum absolute atomic E-state index is 5.98. The lowest BCUT2D eigenvalue weighted by atomic mass is 10.1. The van der Waals surface area contributed by atoms with Gasteiger partial charge in [0.05, 0.1) is 11.7 Å². The highest BCUT2D eigenvalue weighted by molar-refractivity contribution is 5.87. The molecule has 4 heteroatoms. The van der Waals surface area contributed by atoms with Crippen LogP contribution in [0.5, 0.6) is 0 Å². The monoisotopic (exact) mass is 242 g/mol. The third kappa shape index (κ3) is 2.27. The third-order valence-electron chi connectivity index (χ3n) is 2.82. The van der Waals surface area contributed by atoms with Gasteiger partial charge in [-0.15, -0.1) is 0 Å². The van der Waals surface area contributed by atoms with Crippen molar-refractivity contribution in [2.75, 3.05) is 7.05 Å². The van der Waals surface area contributed by atoms with Crippen molar-refractivity contribution in [2.24, 2.45) is 10.7 Å². The lowest BCUT2D eigenvalue weighted by Gasteiger charge is -2.07. The third-order valence-corrected chi connectivity index (χ3v) is 2.82. The lowest BCUT2D eigenvalue weighted by molar-refractivity contribution is 0.551. The predicted octanol–water partition coefficient (Wildman–Crippen LogP) is 2.62. The highest BCUT2D eigenvalue weighted by Gasteiger charge is 2.06. The topological polar surface area (TPSA) is 56.2 Å². The molecule has 0 aliphatic heterocycles. The highest BCUT2D eigenvalue weighted by atomic mass is 15.3. The molecule has 0 amide bonds. The molecule has 2 aromatic rings. The van der Waals surface area contributed by atoms with Crippen LogP contribution in [0.4, 0.5) is 0 Å². The molecule has 0 radical (unpaired) electrons. The van der Waals surface area contributed by atoms with Crippen molar-refractivity contribution < 1.29 is 0 Å². The Morgan fingerprint density at radius 3 is 2.89 bits per heavy atom. The Morgan fingerprint density at radius 1 is 1.44 bits per heavy atom. The van der Waals surface area contributed by atoms with Crippen molar-refractivity contribution in [1.82, 2.24) is 9.78 Å². The van der Waals surface area contributed by atoms with E-state index in [1.54, 1.807) is 19.3 Å². The lowest BCUT2D eigenvalue weighted by Crippen LogP contribution is -2.02. The summed E-state index contributed by atoms with van der Waals surface area (Å²) >= 11 is 0. The second-order valence-corrected chi connectivity index (χ2v) is 4.49. The molecule has 0 aliphatic rings. The van der Waals surface area contributed by atoms with Gasteiger partial charge in [-0.05, 0) is 37.6 Å². The fraction of sp³-hybridized carbons (Fsp3) is 0.286. The molecule has 0 saturated carbocycles. The van der Waals surface area contributed by atoms with Gasteiger partial charge in [-0.1, -0.05) is 6.07 Å². The van der Waals surface area contributed by atoms with Gasteiger partial charge < -0.3 is 5.73 Å². The molecule has 0 bridgehead atoms. The van der Waals surface area contributed by atoms with Crippen molar-refractivity contribution in [2.45, 2.75) is 19.9 Å². The number of allylic oxidation sites excluding steroid dienone is 1. The van der Waals surface area contributed by atoms with Gasteiger partial charge in [0.25, 0.3) is 0 Å². The first-order valence-electron chi connectivity index (χ1n) is 5.99. The number of nitrogens with two attached hydrogens (primary N) is 1. The minimum absolute atomic E-state index is 0.355. The van der Waals surface area contributed by atoms with Crippen LogP contribution in [0.3, 0.4) is 0 Å². The standard InChI is InChI=1S/C14H18N4/c1-10(2)18-14-5-4-11(8-12(14)9-17-18)13(15)6-7-16-3/h4-10H,15H2,1-3H3/b13-6-,16-7-. The predicted molar refractivity (Wildman–Crippen MR) is 76.7 cm³/mol. The maximum Gasteiger partial charge on any atom is 0.0685 e. The Balaban J connectivity index is 2.46. The van der Waals surface area contributed by atoms with Crippen molar-refractivity contribution in [3.05, 3.63) is 36.0 Å². The van der Waals surface area contributed by atoms with E-state index in [0.29, 0.717) is 11.7 Å². The zero-order chi connectivity index (χ0) is 13.1. The molecule has 1 aromatic carbocycles. The largest absolute Gasteiger partial charge is 0.398 e. The Labute approximate surface area is 107 Å². The van der Waals surface area contributed by atoms with Crippen LogP contribution in [0, 0.1) is 0 Å². The summed E-state index contributed by atoms with van der Waals surface area (Å²) in [7, 11) is 1.72. The molecule has 94 valence electrons. The van der Waals surface area contributed by atoms with E-state index in [9.17, 15) is 0 Å². The molecule has 1 heterocycles. The van der Waals surface area contributed by atoms with Crippen LogP contribution < -0.4 is 5.73 Å². The molecule has 1 aromatic heterocycles. The van der Waals surface area contributed by atoms with Crippen molar-refractivity contribution in [3.8, 4) is 0 Å². The Hall–Kier alpha value is -2.10. The normalized spacial score (nSPS) is 13.0. The average molecular weight is 242 g/mol. The molecule has 2 N–H and O–H groups in total. The summed E-state index contributed by atoms with van der Waals surface area (Å²) in [6, 6.07) is 6.48. The number of benzene rings is 1. The Morgan fingerprint density at radius 2 is 2.22 bits per heavy atom. The molecule has 0 aliphatic carbocycles. The number of rotatable bonds is 3. The second-order valence-electron chi connectivity index (χ2n) is 4.49. The minimum Gasteiger partial charge on any atom is -0.398 e. The summed E-state index contributed by atoms with van der Waals surface area (Å²) in [6.45, 7) is 4.23. The second kappa shape index (κ2) is 5.04.